The fourth-order valence-corrected chi connectivity index (χ4v) is 1.45. The van der Waals surface area contributed by atoms with Crippen molar-refractivity contribution in [3.05, 3.63) is 30.2 Å². The number of hydrogen-bond acceptors (Lipinski definition) is 3. The number of rotatable bonds is 2. The molecule has 0 radical (unpaired) electrons. The minimum atomic E-state index is 0.538. The maximum absolute atomic E-state index is 5.75. The Bertz CT molecular complexity index is 506. The number of nitrogens with zero attached hydrogens (tertiary/aromatic N) is 3. The van der Waals surface area contributed by atoms with Crippen LogP contribution in [0.2, 0.25) is 0 Å². The molecule has 0 bridgehead atoms. The average Bonchev–Trinajstić information content (AvgIpc) is 2.59. The van der Waals surface area contributed by atoms with Crippen molar-refractivity contribution >= 4 is 16.9 Å². The lowest BCUT2D eigenvalue weighted by Crippen LogP contribution is -1.97. The number of nitrogens with two attached hydrogens (primary N) is 1. The summed E-state index contributed by atoms with van der Waals surface area (Å²) in [5.74, 6) is 0.538. The Morgan fingerprint density at radius 2 is 2.27 bits per heavy atom. The molecule has 2 aromatic heterocycles. The number of anilines is 1. The molecule has 2 heterocycles. The van der Waals surface area contributed by atoms with Crippen LogP contribution in [0.4, 0.5) is 5.82 Å². The molecule has 15 heavy (non-hydrogen) atoms. The first-order valence-corrected chi connectivity index (χ1v) is 4.87. The van der Waals surface area contributed by atoms with E-state index in [-0.39, 0.29) is 0 Å². The molecule has 0 saturated carbocycles. The van der Waals surface area contributed by atoms with Crippen molar-refractivity contribution in [1.82, 2.24) is 14.5 Å². The summed E-state index contributed by atoms with van der Waals surface area (Å²) in [5.41, 5.74) is 7.93. The third-order valence-electron chi connectivity index (χ3n) is 2.28. The third-order valence-corrected chi connectivity index (χ3v) is 2.28. The number of allylic oxidation sites excluding steroid dienone is 2. The van der Waals surface area contributed by atoms with Crippen LogP contribution in [0.3, 0.4) is 0 Å². The van der Waals surface area contributed by atoms with Crippen LogP contribution in [0.5, 0.6) is 0 Å². The van der Waals surface area contributed by atoms with Crippen molar-refractivity contribution in [1.29, 1.82) is 0 Å². The molecular weight excluding hydrogens is 188 g/mol. The Hall–Kier alpha value is -1.84. The molecule has 0 spiro atoms. The molecule has 0 aliphatic rings. The van der Waals surface area contributed by atoms with Gasteiger partial charge < -0.3 is 10.3 Å². The van der Waals surface area contributed by atoms with Crippen LogP contribution in [0.1, 0.15) is 13.8 Å². The molecule has 2 aromatic rings. The Balaban J connectivity index is 2.45. The van der Waals surface area contributed by atoms with Crippen LogP contribution in [0.15, 0.2) is 30.2 Å². The van der Waals surface area contributed by atoms with E-state index in [9.17, 15) is 0 Å². The van der Waals surface area contributed by atoms with E-state index in [1.807, 2.05) is 12.3 Å². The van der Waals surface area contributed by atoms with E-state index >= 15 is 0 Å². The first kappa shape index (κ1) is 9.71. The quantitative estimate of drug-likeness (QED) is 0.757. The van der Waals surface area contributed by atoms with Crippen LogP contribution in [0.25, 0.3) is 11.0 Å². The van der Waals surface area contributed by atoms with Crippen molar-refractivity contribution in [2.75, 3.05) is 5.73 Å². The van der Waals surface area contributed by atoms with Crippen molar-refractivity contribution < 1.29 is 0 Å². The number of fused-ring (bicyclic) bond motifs is 1. The highest BCUT2D eigenvalue weighted by Crippen LogP contribution is 2.17. The second-order valence-corrected chi connectivity index (χ2v) is 3.75. The normalized spacial score (nSPS) is 10.5. The van der Waals surface area contributed by atoms with Gasteiger partial charge in [0.15, 0.2) is 0 Å². The monoisotopic (exact) mass is 202 g/mol. The fourth-order valence-electron chi connectivity index (χ4n) is 1.45. The molecule has 0 aliphatic carbocycles. The summed E-state index contributed by atoms with van der Waals surface area (Å²) in [6.07, 6.45) is 5.63. The van der Waals surface area contributed by atoms with E-state index < -0.39 is 0 Å². The number of aromatic nitrogens is 3. The molecule has 78 valence electrons. The van der Waals surface area contributed by atoms with E-state index in [4.69, 9.17) is 5.73 Å². The minimum Gasteiger partial charge on any atom is -0.383 e. The van der Waals surface area contributed by atoms with Crippen molar-refractivity contribution in [3.63, 3.8) is 0 Å². The maximum Gasteiger partial charge on any atom is 0.145 e. The van der Waals surface area contributed by atoms with Gasteiger partial charge in [-0.2, -0.15) is 0 Å². The molecule has 2 rings (SSSR count). The van der Waals surface area contributed by atoms with Gasteiger partial charge in [-0.15, -0.1) is 0 Å². The van der Waals surface area contributed by atoms with E-state index in [1.165, 1.54) is 11.9 Å². The molecule has 0 unspecified atom stereocenters. The molecule has 2 N–H and O–H groups in total. The molecule has 0 aliphatic heterocycles. The Morgan fingerprint density at radius 3 is 3.00 bits per heavy atom. The standard InChI is InChI=1S/C11H14N4/c1-8(2)3-5-15-6-4-9-10(12)13-7-14-11(9)15/h3-4,6-7H,5H2,1-2H3,(H2,12,13,14). The first-order valence-electron chi connectivity index (χ1n) is 4.87. The summed E-state index contributed by atoms with van der Waals surface area (Å²) < 4.78 is 2.06. The average molecular weight is 202 g/mol. The molecule has 0 atom stereocenters. The summed E-state index contributed by atoms with van der Waals surface area (Å²) in [4.78, 5) is 8.18. The lowest BCUT2D eigenvalue weighted by atomic mass is 10.3. The van der Waals surface area contributed by atoms with Crippen LogP contribution >= 0.6 is 0 Å². The van der Waals surface area contributed by atoms with Crippen LogP contribution in [-0.4, -0.2) is 14.5 Å². The molecule has 4 heteroatoms. The maximum atomic E-state index is 5.75. The highest BCUT2D eigenvalue weighted by atomic mass is 15.1. The van der Waals surface area contributed by atoms with E-state index in [1.54, 1.807) is 0 Å². The molecular formula is C11H14N4. The van der Waals surface area contributed by atoms with Crippen LogP contribution in [0, 0.1) is 0 Å². The second kappa shape index (κ2) is 3.73. The zero-order valence-corrected chi connectivity index (χ0v) is 8.94. The smallest absolute Gasteiger partial charge is 0.145 e. The minimum absolute atomic E-state index is 0.538. The topological polar surface area (TPSA) is 56.7 Å². The van der Waals surface area contributed by atoms with Gasteiger partial charge in [-0.3, -0.25) is 0 Å². The van der Waals surface area contributed by atoms with Gasteiger partial charge in [-0.1, -0.05) is 11.6 Å². The Labute approximate surface area is 88.4 Å². The SMILES string of the molecule is CC(C)=CCn1ccc2c(N)ncnc21. The van der Waals surface area contributed by atoms with Gasteiger partial charge in [0, 0.05) is 12.7 Å². The third kappa shape index (κ3) is 1.83. The zero-order valence-electron chi connectivity index (χ0n) is 8.94. The molecule has 0 amide bonds. The number of hydrogen-bond donors (Lipinski definition) is 1. The van der Waals surface area contributed by atoms with E-state index in [0.29, 0.717) is 5.82 Å². The van der Waals surface area contributed by atoms with Crippen molar-refractivity contribution in [3.8, 4) is 0 Å². The summed E-state index contributed by atoms with van der Waals surface area (Å²) in [5, 5.41) is 0.916. The molecule has 0 saturated heterocycles. The molecule has 0 aromatic carbocycles. The van der Waals surface area contributed by atoms with Gasteiger partial charge in [-0.25, -0.2) is 9.97 Å². The lowest BCUT2D eigenvalue weighted by Gasteiger charge is -2.01. The van der Waals surface area contributed by atoms with Gasteiger partial charge in [-0.05, 0) is 19.9 Å². The second-order valence-electron chi connectivity index (χ2n) is 3.75. The summed E-state index contributed by atoms with van der Waals surface area (Å²) in [6.45, 7) is 4.98. The lowest BCUT2D eigenvalue weighted by molar-refractivity contribution is 0.842. The van der Waals surface area contributed by atoms with Crippen molar-refractivity contribution in [2.45, 2.75) is 20.4 Å². The fraction of sp³-hybridized carbons (Fsp3) is 0.273. The van der Waals surface area contributed by atoms with E-state index in [2.05, 4.69) is 34.5 Å². The van der Waals surface area contributed by atoms with Gasteiger partial charge >= 0.3 is 0 Å². The van der Waals surface area contributed by atoms with E-state index in [0.717, 1.165) is 17.6 Å². The first-order chi connectivity index (χ1) is 7.18. The molecule has 0 fully saturated rings. The predicted molar refractivity (Wildman–Crippen MR) is 61.4 cm³/mol. The zero-order chi connectivity index (χ0) is 10.8. The number of nitrogen functional groups attached to an aromatic ring is 1. The van der Waals surface area contributed by atoms with Crippen LogP contribution in [-0.2, 0) is 6.54 Å². The Kier molecular flexibility index (Phi) is 2.41. The van der Waals surface area contributed by atoms with Crippen molar-refractivity contribution in [2.24, 2.45) is 0 Å². The molecule has 4 nitrogen and oxygen atoms in total. The van der Waals surface area contributed by atoms with Gasteiger partial charge in [0.25, 0.3) is 0 Å². The highest BCUT2D eigenvalue weighted by molar-refractivity contribution is 5.85. The van der Waals surface area contributed by atoms with Gasteiger partial charge in [0.05, 0.1) is 5.39 Å². The van der Waals surface area contributed by atoms with Crippen LogP contribution < -0.4 is 5.73 Å². The van der Waals surface area contributed by atoms with Gasteiger partial charge in [0.2, 0.25) is 0 Å². The summed E-state index contributed by atoms with van der Waals surface area (Å²) in [6, 6.07) is 1.95. The largest absolute Gasteiger partial charge is 0.383 e. The Morgan fingerprint density at radius 1 is 1.47 bits per heavy atom. The summed E-state index contributed by atoms with van der Waals surface area (Å²) >= 11 is 0. The summed E-state index contributed by atoms with van der Waals surface area (Å²) in [7, 11) is 0. The van der Waals surface area contributed by atoms with Gasteiger partial charge in [0.1, 0.15) is 17.8 Å². The highest BCUT2D eigenvalue weighted by Gasteiger charge is 2.04. The predicted octanol–water partition coefficient (Wildman–Crippen LogP) is 1.98.